The van der Waals surface area contributed by atoms with Crippen LogP contribution in [0.2, 0.25) is 5.02 Å². The van der Waals surface area contributed by atoms with E-state index in [1.165, 1.54) is 12.1 Å². The normalized spacial score (nSPS) is 13.4. The van der Waals surface area contributed by atoms with Crippen LogP contribution < -0.4 is 4.74 Å². The number of rotatable bonds is 6. The zero-order chi connectivity index (χ0) is 14.5. The molecule has 8 heteroatoms. The van der Waals surface area contributed by atoms with Crippen LogP contribution in [0, 0.1) is 5.82 Å². The third-order valence-electron chi connectivity index (χ3n) is 1.90. The summed E-state index contributed by atoms with van der Waals surface area (Å²) < 4.78 is 57.6. The number of aliphatic hydroxyl groups excluding tert-OH is 1. The van der Waals surface area contributed by atoms with Crippen LogP contribution in [0.15, 0.2) is 18.2 Å². The van der Waals surface area contributed by atoms with E-state index in [9.17, 15) is 22.7 Å². The zero-order valence-corrected chi connectivity index (χ0v) is 10.3. The SMILES string of the molecule is OC(COCC(F)(F)F)COc1cc(Cl)ccc1F. The Morgan fingerprint density at radius 3 is 2.58 bits per heavy atom. The molecule has 0 saturated carbocycles. The third-order valence-corrected chi connectivity index (χ3v) is 2.14. The lowest BCUT2D eigenvalue weighted by atomic mass is 10.3. The van der Waals surface area contributed by atoms with Crippen LogP contribution in [0.3, 0.4) is 0 Å². The second-order valence-electron chi connectivity index (χ2n) is 3.67. The van der Waals surface area contributed by atoms with Crippen molar-refractivity contribution in [2.24, 2.45) is 0 Å². The highest BCUT2D eigenvalue weighted by Crippen LogP contribution is 2.22. The van der Waals surface area contributed by atoms with E-state index >= 15 is 0 Å². The van der Waals surface area contributed by atoms with Crippen molar-refractivity contribution in [1.29, 1.82) is 0 Å². The number of aliphatic hydroxyl groups is 1. The van der Waals surface area contributed by atoms with Gasteiger partial charge in [0.2, 0.25) is 0 Å². The molecule has 1 rings (SSSR count). The molecule has 0 fully saturated rings. The largest absolute Gasteiger partial charge is 0.488 e. The molecule has 0 aliphatic heterocycles. The van der Waals surface area contributed by atoms with E-state index in [2.05, 4.69) is 4.74 Å². The van der Waals surface area contributed by atoms with Gasteiger partial charge in [-0.3, -0.25) is 0 Å². The Morgan fingerprint density at radius 1 is 1.26 bits per heavy atom. The van der Waals surface area contributed by atoms with Gasteiger partial charge in [-0.2, -0.15) is 13.2 Å². The van der Waals surface area contributed by atoms with Crippen LogP contribution in [-0.2, 0) is 4.74 Å². The molecule has 1 atom stereocenters. The molecule has 1 aromatic rings. The Morgan fingerprint density at radius 2 is 1.95 bits per heavy atom. The smallest absolute Gasteiger partial charge is 0.411 e. The number of benzene rings is 1. The van der Waals surface area contributed by atoms with Crippen molar-refractivity contribution < 1.29 is 32.1 Å². The summed E-state index contributed by atoms with van der Waals surface area (Å²) in [5.41, 5.74) is 0. The zero-order valence-electron chi connectivity index (χ0n) is 9.58. The van der Waals surface area contributed by atoms with Gasteiger partial charge in [0, 0.05) is 11.1 Å². The van der Waals surface area contributed by atoms with Crippen molar-refractivity contribution in [1.82, 2.24) is 0 Å². The number of ether oxygens (including phenoxy) is 2. The number of hydrogen-bond donors (Lipinski definition) is 1. The third kappa shape index (κ3) is 6.60. The Labute approximate surface area is 111 Å². The Bertz CT molecular complexity index is 411. The van der Waals surface area contributed by atoms with Crippen molar-refractivity contribution in [3.63, 3.8) is 0 Å². The van der Waals surface area contributed by atoms with Crippen molar-refractivity contribution in [2.75, 3.05) is 19.8 Å². The van der Waals surface area contributed by atoms with Gasteiger partial charge in [0.25, 0.3) is 0 Å². The average Bonchev–Trinajstić information content (AvgIpc) is 2.28. The summed E-state index contributed by atoms with van der Waals surface area (Å²) in [5.74, 6) is -0.879. The van der Waals surface area contributed by atoms with Gasteiger partial charge >= 0.3 is 6.18 Å². The van der Waals surface area contributed by atoms with E-state index < -0.39 is 37.9 Å². The number of hydrogen-bond acceptors (Lipinski definition) is 3. The van der Waals surface area contributed by atoms with Gasteiger partial charge in [-0.25, -0.2) is 4.39 Å². The van der Waals surface area contributed by atoms with Crippen molar-refractivity contribution in [3.8, 4) is 5.75 Å². The van der Waals surface area contributed by atoms with E-state index in [1.54, 1.807) is 0 Å². The van der Waals surface area contributed by atoms with Gasteiger partial charge in [-0.1, -0.05) is 11.6 Å². The van der Waals surface area contributed by atoms with Crippen LogP contribution >= 0.6 is 11.6 Å². The van der Waals surface area contributed by atoms with Gasteiger partial charge in [0.1, 0.15) is 19.3 Å². The number of alkyl halides is 3. The quantitative estimate of drug-likeness (QED) is 0.821. The molecule has 1 N–H and O–H groups in total. The highest BCUT2D eigenvalue weighted by Gasteiger charge is 2.27. The van der Waals surface area contributed by atoms with Crippen molar-refractivity contribution in [2.45, 2.75) is 12.3 Å². The van der Waals surface area contributed by atoms with Gasteiger partial charge < -0.3 is 14.6 Å². The molecule has 0 saturated heterocycles. The van der Waals surface area contributed by atoms with Gasteiger partial charge in [-0.15, -0.1) is 0 Å². The van der Waals surface area contributed by atoms with E-state index in [-0.39, 0.29) is 10.8 Å². The molecule has 19 heavy (non-hydrogen) atoms. The predicted octanol–water partition coefficient (Wildman–Crippen LogP) is 2.80. The minimum atomic E-state index is -4.46. The average molecular weight is 303 g/mol. The van der Waals surface area contributed by atoms with E-state index in [0.717, 1.165) is 6.07 Å². The highest BCUT2D eigenvalue weighted by molar-refractivity contribution is 6.30. The Hall–Kier alpha value is -1.05. The molecule has 0 heterocycles. The fraction of sp³-hybridized carbons (Fsp3) is 0.455. The minimum Gasteiger partial charge on any atom is -0.488 e. The summed E-state index contributed by atoms with van der Waals surface area (Å²) in [7, 11) is 0. The molecular weight excluding hydrogens is 292 g/mol. The van der Waals surface area contributed by atoms with Gasteiger partial charge in [0.05, 0.1) is 6.61 Å². The second kappa shape index (κ2) is 6.93. The van der Waals surface area contributed by atoms with E-state index in [0.29, 0.717) is 0 Å². The topological polar surface area (TPSA) is 38.7 Å². The fourth-order valence-corrected chi connectivity index (χ4v) is 1.29. The molecular formula is C11H11ClF4O3. The lowest BCUT2D eigenvalue weighted by Crippen LogP contribution is -2.27. The maximum atomic E-state index is 13.2. The molecule has 0 bridgehead atoms. The van der Waals surface area contributed by atoms with Crippen LogP contribution in [0.5, 0.6) is 5.75 Å². The summed E-state index contributed by atoms with van der Waals surface area (Å²) in [4.78, 5) is 0. The standard InChI is InChI=1S/C11H11ClF4O3/c12-7-1-2-9(13)10(3-7)19-5-8(17)4-18-6-11(14,15)16/h1-3,8,17H,4-6H2. The molecule has 0 aromatic heterocycles. The first-order chi connectivity index (χ1) is 8.78. The lowest BCUT2D eigenvalue weighted by molar-refractivity contribution is -0.179. The Balaban J connectivity index is 2.34. The monoisotopic (exact) mass is 302 g/mol. The van der Waals surface area contributed by atoms with Gasteiger partial charge in [-0.05, 0) is 12.1 Å². The first-order valence-electron chi connectivity index (χ1n) is 5.18. The van der Waals surface area contributed by atoms with Crippen molar-refractivity contribution >= 4 is 11.6 Å². The molecule has 0 spiro atoms. The maximum absolute atomic E-state index is 13.2. The molecule has 0 amide bonds. The second-order valence-corrected chi connectivity index (χ2v) is 4.11. The lowest BCUT2D eigenvalue weighted by Gasteiger charge is -2.14. The summed E-state index contributed by atoms with van der Waals surface area (Å²) in [5, 5.41) is 9.53. The van der Waals surface area contributed by atoms with Crippen LogP contribution in [0.4, 0.5) is 17.6 Å². The molecule has 108 valence electrons. The van der Waals surface area contributed by atoms with E-state index in [1.807, 2.05) is 0 Å². The minimum absolute atomic E-state index is 0.192. The number of halogens is 5. The highest BCUT2D eigenvalue weighted by atomic mass is 35.5. The molecule has 3 nitrogen and oxygen atoms in total. The van der Waals surface area contributed by atoms with Gasteiger partial charge in [0.15, 0.2) is 11.6 Å². The molecule has 1 aromatic carbocycles. The Kier molecular flexibility index (Phi) is 5.84. The summed E-state index contributed by atoms with van der Waals surface area (Å²) >= 11 is 5.61. The van der Waals surface area contributed by atoms with Crippen LogP contribution in [0.25, 0.3) is 0 Å². The first kappa shape index (κ1) is 16.0. The van der Waals surface area contributed by atoms with E-state index in [4.69, 9.17) is 16.3 Å². The maximum Gasteiger partial charge on any atom is 0.411 e. The van der Waals surface area contributed by atoms with Crippen LogP contribution in [-0.4, -0.2) is 37.2 Å². The van der Waals surface area contributed by atoms with Crippen molar-refractivity contribution in [3.05, 3.63) is 29.0 Å². The molecule has 0 radical (unpaired) electrons. The molecule has 0 aliphatic rings. The summed E-state index contributed by atoms with van der Waals surface area (Å²) in [6.45, 7) is -2.44. The molecule has 1 unspecified atom stereocenters. The summed E-state index contributed by atoms with van der Waals surface area (Å²) in [6, 6.07) is 3.58. The fourth-order valence-electron chi connectivity index (χ4n) is 1.13. The first-order valence-corrected chi connectivity index (χ1v) is 5.56. The summed E-state index contributed by atoms with van der Waals surface area (Å²) in [6.07, 6.45) is -5.76. The predicted molar refractivity (Wildman–Crippen MR) is 59.8 cm³/mol. The van der Waals surface area contributed by atoms with Crippen LogP contribution in [0.1, 0.15) is 0 Å². The molecule has 0 aliphatic carbocycles.